The van der Waals surface area contributed by atoms with Crippen molar-refractivity contribution < 1.29 is 0 Å². The fourth-order valence-corrected chi connectivity index (χ4v) is 2.20. The van der Waals surface area contributed by atoms with Crippen LogP contribution in [0.4, 0.5) is 0 Å². The lowest BCUT2D eigenvalue weighted by molar-refractivity contribution is 0.826. The summed E-state index contributed by atoms with van der Waals surface area (Å²) in [6.07, 6.45) is 2.01. The van der Waals surface area contributed by atoms with Crippen LogP contribution in [0.2, 0.25) is 0 Å². The Labute approximate surface area is 85.7 Å². The molecule has 0 fully saturated rings. The second-order valence-electron chi connectivity index (χ2n) is 3.37. The van der Waals surface area contributed by atoms with Crippen LogP contribution in [0, 0.1) is 0 Å². The highest BCUT2D eigenvalue weighted by atomic mass is 79.9. The van der Waals surface area contributed by atoms with Crippen molar-refractivity contribution in [3.8, 4) is 0 Å². The van der Waals surface area contributed by atoms with Gasteiger partial charge in [0.25, 0.3) is 0 Å². The minimum atomic E-state index is 0.453. The Kier molecular flexibility index (Phi) is 2.12. The van der Waals surface area contributed by atoms with Gasteiger partial charge in [-0.1, -0.05) is 19.9 Å². The summed E-state index contributed by atoms with van der Waals surface area (Å²) in [6, 6.07) is 6.01. The Morgan fingerprint density at radius 2 is 2.15 bits per heavy atom. The number of pyridine rings is 1. The van der Waals surface area contributed by atoms with Gasteiger partial charge in [0.15, 0.2) is 0 Å². The number of rotatable bonds is 1. The third kappa shape index (κ3) is 1.37. The minimum absolute atomic E-state index is 0.453. The highest BCUT2D eigenvalue weighted by molar-refractivity contribution is 9.10. The largest absolute Gasteiger partial charge is 0.294 e. The van der Waals surface area contributed by atoms with E-state index in [2.05, 4.69) is 39.2 Å². The lowest BCUT2D eigenvalue weighted by atomic mass is 10.2. The first kappa shape index (κ1) is 8.75. The van der Waals surface area contributed by atoms with Crippen molar-refractivity contribution in [2.75, 3.05) is 0 Å². The second kappa shape index (κ2) is 3.14. The standard InChI is InChI=1S/C10H11BrN2/c1-7(2)9-10(11)13-6-4-3-5-8(13)12-9/h3-7H,1-2H3. The first-order valence-corrected chi connectivity index (χ1v) is 5.12. The van der Waals surface area contributed by atoms with Crippen LogP contribution < -0.4 is 0 Å². The van der Waals surface area contributed by atoms with Crippen molar-refractivity contribution >= 4 is 21.6 Å². The molecule has 2 aromatic heterocycles. The Balaban J connectivity index is 2.74. The van der Waals surface area contributed by atoms with Gasteiger partial charge >= 0.3 is 0 Å². The third-order valence-electron chi connectivity index (χ3n) is 2.04. The number of hydrogen-bond donors (Lipinski definition) is 0. The van der Waals surface area contributed by atoms with Crippen molar-refractivity contribution in [1.29, 1.82) is 0 Å². The molecule has 0 spiro atoms. The maximum absolute atomic E-state index is 4.53. The quantitative estimate of drug-likeness (QED) is 0.746. The average Bonchev–Trinajstić information content (AvgIpc) is 2.45. The predicted octanol–water partition coefficient (Wildman–Crippen LogP) is 3.22. The Morgan fingerprint density at radius 3 is 2.77 bits per heavy atom. The Morgan fingerprint density at radius 1 is 1.38 bits per heavy atom. The highest BCUT2D eigenvalue weighted by Crippen LogP contribution is 2.24. The summed E-state index contributed by atoms with van der Waals surface area (Å²) in [5.74, 6) is 0.453. The molecule has 0 saturated heterocycles. The lowest BCUT2D eigenvalue weighted by Gasteiger charge is -1.99. The van der Waals surface area contributed by atoms with Crippen molar-refractivity contribution in [1.82, 2.24) is 9.38 Å². The van der Waals surface area contributed by atoms with Gasteiger partial charge in [0, 0.05) is 6.20 Å². The molecule has 68 valence electrons. The van der Waals surface area contributed by atoms with Crippen molar-refractivity contribution in [2.45, 2.75) is 19.8 Å². The highest BCUT2D eigenvalue weighted by Gasteiger charge is 2.11. The van der Waals surface area contributed by atoms with Gasteiger partial charge in [-0.15, -0.1) is 0 Å². The molecule has 2 aromatic rings. The molecular formula is C10H11BrN2. The Hall–Kier alpha value is -0.830. The maximum Gasteiger partial charge on any atom is 0.137 e. The first-order chi connectivity index (χ1) is 6.20. The molecule has 0 bridgehead atoms. The van der Waals surface area contributed by atoms with E-state index in [9.17, 15) is 0 Å². The molecule has 0 aliphatic heterocycles. The molecule has 0 radical (unpaired) electrons. The second-order valence-corrected chi connectivity index (χ2v) is 4.12. The fraction of sp³-hybridized carbons (Fsp3) is 0.300. The van der Waals surface area contributed by atoms with Gasteiger partial charge in [0.1, 0.15) is 10.3 Å². The fourth-order valence-electron chi connectivity index (χ4n) is 1.35. The molecule has 3 heteroatoms. The summed E-state index contributed by atoms with van der Waals surface area (Å²) in [5, 5.41) is 0. The molecule has 0 atom stereocenters. The zero-order valence-electron chi connectivity index (χ0n) is 7.66. The normalized spacial score (nSPS) is 11.4. The molecule has 0 aliphatic rings. The summed E-state index contributed by atoms with van der Waals surface area (Å²) in [7, 11) is 0. The molecule has 0 aliphatic carbocycles. The number of halogens is 1. The molecule has 0 amide bonds. The summed E-state index contributed by atoms with van der Waals surface area (Å²) in [4.78, 5) is 4.53. The number of fused-ring (bicyclic) bond motifs is 1. The summed E-state index contributed by atoms with van der Waals surface area (Å²) in [5.41, 5.74) is 2.12. The summed E-state index contributed by atoms with van der Waals surface area (Å²) < 4.78 is 3.12. The summed E-state index contributed by atoms with van der Waals surface area (Å²) >= 11 is 3.55. The zero-order chi connectivity index (χ0) is 9.42. The van der Waals surface area contributed by atoms with Gasteiger partial charge in [-0.25, -0.2) is 4.98 Å². The topological polar surface area (TPSA) is 17.3 Å². The van der Waals surface area contributed by atoms with E-state index in [1.165, 1.54) is 0 Å². The molecule has 13 heavy (non-hydrogen) atoms. The molecule has 0 N–H and O–H groups in total. The van der Waals surface area contributed by atoms with Crippen LogP contribution in [0.25, 0.3) is 5.65 Å². The van der Waals surface area contributed by atoms with Crippen LogP contribution >= 0.6 is 15.9 Å². The SMILES string of the molecule is CC(C)c1nc2ccccn2c1Br. The first-order valence-electron chi connectivity index (χ1n) is 4.32. The third-order valence-corrected chi connectivity index (χ3v) is 2.83. The van der Waals surface area contributed by atoms with Gasteiger partial charge in [-0.05, 0) is 34.0 Å². The van der Waals surface area contributed by atoms with E-state index in [1.807, 2.05) is 24.4 Å². The van der Waals surface area contributed by atoms with Gasteiger partial charge in [0.05, 0.1) is 5.69 Å². The van der Waals surface area contributed by atoms with E-state index in [-0.39, 0.29) is 0 Å². The average molecular weight is 239 g/mol. The van der Waals surface area contributed by atoms with Crippen LogP contribution in [0.15, 0.2) is 29.0 Å². The van der Waals surface area contributed by atoms with Crippen LogP contribution in [0.3, 0.4) is 0 Å². The van der Waals surface area contributed by atoms with E-state index in [1.54, 1.807) is 0 Å². The molecule has 0 aromatic carbocycles. The number of nitrogens with zero attached hydrogens (tertiary/aromatic N) is 2. The van der Waals surface area contributed by atoms with Gasteiger partial charge < -0.3 is 0 Å². The smallest absolute Gasteiger partial charge is 0.137 e. The van der Waals surface area contributed by atoms with Crippen LogP contribution in [-0.4, -0.2) is 9.38 Å². The predicted molar refractivity (Wildman–Crippen MR) is 57.0 cm³/mol. The van der Waals surface area contributed by atoms with E-state index in [0.717, 1.165) is 15.9 Å². The zero-order valence-corrected chi connectivity index (χ0v) is 9.25. The van der Waals surface area contributed by atoms with Crippen LogP contribution in [0.5, 0.6) is 0 Å². The number of aromatic nitrogens is 2. The van der Waals surface area contributed by atoms with E-state index in [4.69, 9.17) is 0 Å². The molecule has 2 rings (SSSR count). The number of imidazole rings is 1. The van der Waals surface area contributed by atoms with Gasteiger partial charge in [-0.3, -0.25) is 4.40 Å². The maximum atomic E-state index is 4.53. The van der Waals surface area contributed by atoms with Crippen molar-refractivity contribution in [3.63, 3.8) is 0 Å². The molecule has 0 unspecified atom stereocenters. The molecule has 2 heterocycles. The van der Waals surface area contributed by atoms with Crippen molar-refractivity contribution in [3.05, 3.63) is 34.7 Å². The minimum Gasteiger partial charge on any atom is -0.294 e. The van der Waals surface area contributed by atoms with E-state index < -0.39 is 0 Å². The lowest BCUT2D eigenvalue weighted by Crippen LogP contribution is -1.88. The monoisotopic (exact) mass is 238 g/mol. The molecule has 0 saturated carbocycles. The Bertz CT molecular complexity index is 431. The molecule has 2 nitrogen and oxygen atoms in total. The molecular weight excluding hydrogens is 228 g/mol. The number of hydrogen-bond acceptors (Lipinski definition) is 1. The van der Waals surface area contributed by atoms with Gasteiger partial charge in [-0.2, -0.15) is 0 Å². The van der Waals surface area contributed by atoms with Crippen LogP contribution in [-0.2, 0) is 0 Å². The van der Waals surface area contributed by atoms with E-state index in [0.29, 0.717) is 5.92 Å². The van der Waals surface area contributed by atoms with Crippen molar-refractivity contribution in [2.24, 2.45) is 0 Å². The summed E-state index contributed by atoms with van der Waals surface area (Å²) in [6.45, 7) is 4.29. The van der Waals surface area contributed by atoms with Gasteiger partial charge in [0.2, 0.25) is 0 Å². The van der Waals surface area contributed by atoms with E-state index >= 15 is 0 Å². The van der Waals surface area contributed by atoms with Crippen LogP contribution in [0.1, 0.15) is 25.5 Å².